The van der Waals surface area contributed by atoms with Gasteiger partial charge in [0.25, 0.3) is 5.56 Å². The van der Waals surface area contributed by atoms with E-state index in [4.69, 9.17) is 0 Å². The van der Waals surface area contributed by atoms with Crippen molar-refractivity contribution in [2.75, 3.05) is 0 Å². The molecule has 6 heteroatoms. The van der Waals surface area contributed by atoms with Crippen molar-refractivity contribution < 1.29 is 13.2 Å². The zero-order valence-corrected chi connectivity index (χ0v) is 11.3. The second-order valence-electron chi connectivity index (χ2n) is 4.90. The van der Waals surface area contributed by atoms with Crippen LogP contribution in [0.25, 0.3) is 11.0 Å². The number of fused-ring (bicyclic) bond motifs is 1. The lowest BCUT2D eigenvalue weighted by Gasteiger charge is -2.08. The van der Waals surface area contributed by atoms with Crippen LogP contribution in [0.5, 0.6) is 0 Å². The third-order valence-corrected chi connectivity index (χ3v) is 3.30. The Bertz CT molecular complexity index is 884. The van der Waals surface area contributed by atoms with E-state index in [1.165, 1.54) is 6.07 Å². The van der Waals surface area contributed by atoms with Crippen LogP contribution in [-0.2, 0) is 12.6 Å². The summed E-state index contributed by atoms with van der Waals surface area (Å²) in [6.07, 6.45) is -4.36. The summed E-state index contributed by atoms with van der Waals surface area (Å²) in [6.45, 7) is 0. The average Bonchev–Trinajstić information content (AvgIpc) is 2.47. The largest absolute Gasteiger partial charge is 0.416 e. The van der Waals surface area contributed by atoms with Gasteiger partial charge < -0.3 is 4.98 Å². The Labute approximate surface area is 123 Å². The molecule has 3 rings (SSSR count). The molecule has 112 valence electrons. The zero-order valence-electron chi connectivity index (χ0n) is 11.3. The molecule has 0 spiro atoms. The van der Waals surface area contributed by atoms with Gasteiger partial charge in [0.1, 0.15) is 5.69 Å². The number of rotatable bonds is 2. The lowest BCUT2D eigenvalue weighted by molar-refractivity contribution is -0.137. The van der Waals surface area contributed by atoms with Crippen molar-refractivity contribution in [1.29, 1.82) is 0 Å². The molecule has 3 nitrogen and oxygen atoms in total. The van der Waals surface area contributed by atoms with E-state index in [9.17, 15) is 18.0 Å². The lowest BCUT2D eigenvalue weighted by atomic mass is 10.1. The van der Waals surface area contributed by atoms with E-state index in [-0.39, 0.29) is 12.1 Å². The minimum absolute atomic E-state index is 0.0457. The Hall–Kier alpha value is -2.63. The minimum atomic E-state index is -4.40. The first-order valence-electron chi connectivity index (χ1n) is 6.57. The number of nitrogens with zero attached hydrogens (tertiary/aromatic N) is 1. The number of nitrogens with one attached hydrogen (secondary N) is 1. The van der Waals surface area contributed by atoms with Crippen molar-refractivity contribution in [2.45, 2.75) is 12.6 Å². The smallest absolute Gasteiger partial charge is 0.319 e. The van der Waals surface area contributed by atoms with Crippen molar-refractivity contribution in [3.8, 4) is 0 Å². The fraction of sp³-hybridized carbons (Fsp3) is 0.125. The number of aromatic amines is 1. The molecular formula is C16H11F3N2O. The molecule has 1 heterocycles. The Kier molecular flexibility index (Phi) is 3.44. The highest BCUT2D eigenvalue weighted by molar-refractivity contribution is 5.73. The van der Waals surface area contributed by atoms with Gasteiger partial charge in [-0.3, -0.25) is 4.79 Å². The van der Waals surface area contributed by atoms with Gasteiger partial charge in [-0.2, -0.15) is 13.2 Å². The average molecular weight is 304 g/mol. The molecule has 0 saturated heterocycles. The van der Waals surface area contributed by atoms with Crippen molar-refractivity contribution in [2.24, 2.45) is 0 Å². The Morgan fingerprint density at radius 2 is 1.82 bits per heavy atom. The third kappa shape index (κ3) is 2.86. The molecule has 0 saturated carbocycles. The molecule has 0 bridgehead atoms. The number of alkyl halides is 3. The molecule has 0 atom stereocenters. The SMILES string of the molecule is O=c1[nH]c2ccccc2nc1Cc1cccc(C(F)(F)F)c1. The second-order valence-corrected chi connectivity index (χ2v) is 4.90. The highest BCUT2D eigenvalue weighted by Crippen LogP contribution is 2.29. The number of para-hydroxylation sites is 2. The number of benzene rings is 2. The van der Waals surface area contributed by atoms with E-state index in [1.807, 2.05) is 0 Å². The fourth-order valence-electron chi connectivity index (χ4n) is 2.24. The van der Waals surface area contributed by atoms with Crippen LogP contribution in [0.1, 0.15) is 16.8 Å². The van der Waals surface area contributed by atoms with Crippen LogP contribution >= 0.6 is 0 Å². The van der Waals surface area contributed by atoms with Crippen LogP contribution in [0.15, 0.2) is 53.3 Å². The molecule has 22 heavy (non-hydrogen) atoms. The maximum absolute atomic E-state index is 12.7. The van der Waals surface area contributed by atoms with Crippen molar-refractivity contribution >= 4 is 11.0 Å². The predicted octanol–water partition coefficient (Wildman–Crippen LogP) is 3.53. The number of halogens is 3. The van der Waals surface area contributed by atoms with Crippen LogP contribution in [0, 0.1) is 0 Å². The summed E-state index contributed by atoms with van der Waals surface area (Å²) in [4.78, 5) is 18.9. The van der Waals surface area contributed by atoms with Gasteiger partial charge in [-0.25, -0.2) is 4.98 Å². The Morgan fingerprint density at radius 1 is 1.05 bits per heavy atom. The molecule has 0 fully saturated rings. The Morgan fingerprint density at radius 3 is 2.59 bits per heavy atom. The quantitative estimate of drug-likeness (QED) is 0.787. The van der Waals surface area contributed by atoms with E-state index in [1.54, 1.807) is 30.3 Å². The third-order valence-electron chi connectivity index (χ3n) is 3.30. The van der Waals surface area contributed by atoms with Crippen LogP contribution in [-0.4, -0.2) is 9.97 Å². The topological polar surface area (TPSA) is 45.8 Å². The maximum Gasteiger partial charge on any atom is 0.416 e. The highest BCUT2D eigenvalue weighted by atomic mass is 19.4. The molecule has 0 unspecified atom stereocenters. The van der Waals surface area contributed by atoms with Crippen LogP contribution < -0.4 is 5.56 Å². The van der Waals surface area contributed by atoms with Crippen LogP contribution in [0.2, 0.25) is 0 Å². The lowest BCUT2D eigenvalue weighted by Crippen LogP contribution is -2.15. The molecule has 0 aliphatic heterocycles. The molecular weight excluding hydrogens is 293 g/mol. The minimum Gasteiger partial charge on any atom is -0.319 e. The predicted molar refractivity (Wildman–Crippen MR) is 76.6 cm³/mol. The van der Waals surface area contributed by atoms with E-state index in [0.717, 1.165) is 12.1 Å². The summed E-state index contributed by atoms with van der Waals surface area (Å²) in [5.74, 6) is 0. The van der Waals surface area contributed by atoms with E-state index in [2.05, 4.69) is 9.97 Å². The van der Waals surface area contributed by atoms with Crippen LogP contribution in [0.3, 0.4) is 0 Å². The normalized spacial score (nSPS) is 11.8. The summed E-state index contributed by atoms with van der Waals surface area (Å²) in [7, 11) is 0. The van der Waals surface area contributed by atoms with Crippen molar-refractivity contribution in [3.63, 3.8) is 0 Å². The highest BCUT2D eigenvalue weighted by Gasteiger charge is 2.30. The summed E-state index contributed by atoms with van der Waals surface area (Å²) in [5, 5.41) is 0. The number of hydrogen-bond acceptors (Lipinski definition) is 2. The van der Waals surface area contributed by atoms with Gasteiger partial charge in [-0.1, -0.05) is 30.3 Å². The monoisotopic (exact) mass is 304 g/mol. The number of aromatic nitrogens is 2. The summed E-state index contributed by atoms with van der Waals surface area (Å²) >= 11 is 0. The molecule has 0 aliphatic rings. The standard InChI is InChI=1S/C16H11F3N2O/c17-16(18,19)11-5-3-4-10(8-11)9-14-15(22)21-13-7-2-1-6-12(13)20-14/h1-8H,9H2,(H,21,22). The van der Waals surface area contributed by atoms with E-state index < -0.39 is 17.3 Å². The molecule has 0 aliphatic carbocycles. The fourth-order valence-corrected chi connectivity index (χ4v) is 2.24. The van der Waals surface area contributed by atoms with Gasteiger partial charge in [-0.05, 0) is 23.8 Å². The van der Waals surface area contributed by atoms with E-state index in [0.29, 0.717) is 16.6 Å². The molecule has 0 radical (unpaired) electrons. The van der Waals surface area contributed by atoms with Gasteiger partial charge >= 0.3 is 6.18 Å². The van der Waals surface area contributed by atoms with Gasteiger partial charge in [0.15, 0.2) is 0 Å². The van der Waals surface area contributed by atoms with Gasteiger partial charge in [0, 0.05) is 6.42 Å². The Balaban J connectivity index is 2.00. The summed E-state index contributed by atoms with van der Waals surface area (Å²) in [6, 6.07) is 11.9. The van der Waals surface area contributed by atoms with Gasteiger partial charge in [0.05, 0.1) is 16.6 Å². The second kappa shape index (κ2) is 5.29. The summed E-state index contributed by atoms with van der Waals surface area (Å²) in [5.41, 5.74) is 0.656. The van der Waals surface area contributed by atoms with Crippen molar-refractivity contribution in [1.82, 2.24) is 9.97 Å². The van der Waals surface area contributed by atoms with E-state index >= 15 is 0 Å². The van der Waals surface area contributed by atoms with Gasteiger partial charge in [-0.15, -0.1) is 0 Å². The molecule has 2 aromatic carbocycles. The van der Waals surface area contributed by atoms with Gasteiger partial charge in [0.2, 0.25) is 0 Å². The first-order chi connectivity index (χ1) is 10.4. The number of hydrogen-bond donors (Lipinski definition) is 1. The molecule has 0 amide bonds. The molecule has 3 aromatic rings. The van der Waals surface area contributed by atoms with Crippen molar-refractivity contribution in [3.05, 3.63) is 75.7 Å². The first-order valence-corrected chi connectivity index (χ1v) is 6.57. The maximum atomic E-state index is 12.7. The van der Waals surface area contributed by atoms with Crippen LogP contribution in [0.4, 0.5) is 13.2 Å². The summed E-state index contributed by atoms with van der Waals surface area (Å²) < 4.78 is 38.1. The molecule has 1 aromatic heterocycles. The zero-order chi connectivity index (χ0) is 15.7. The first kappa shape index (κ1) is 14.3. The number of H-pyrrole nitrogens is 1. The molecule has 1 N–H and O–H groups in total.